The summed E-state index contributed by atoms with van der Waals surface area (Å²) in [5, 5.41) is 18.5. The van der Waals surface area contributed by atoms with Crippen molar-refractivity contribution in [3.63, 3.8) is 0 Å². The summed E-state index contributed by atoms with van der Waals surface area (Å²) in [6.45, 7) is 3.54. The molecule has 4 nitrogen and oxygen atoms in total. The van der Waals surface area contributed by atoms with Crippen LogP contribution in [0.4, 0.5) is 0 Å². The van der Waals surface area contributed by atoms with Crippen LogP contribution in [-0.4, -0.2) is 16.2 Å². The quantitative estimate of drug-likeness (QED) is 0.796. The Morgan fingerprint density at radius 3 is 2.62 bits per heavy atom. The van der Waals surface area contributed by atoms with Crippen molar-refractivity contribution >= 4 is 21.9 Å². The molecular formula is C11H14BrNO3. The Hall–Kier alpha value is -1.07. The van der Waals surface area contributed by atoms with Gasteiger partial charge in [-0.3, -0.25) is 4.79 Å². The van der Waals surface area contributed by atoms with Gasteiger partial charge in [0.15, 0.2) is 0 Å². The number of benzene rings is 1. The second kappa shape index (κ2) is 4.84. The lowest BCUT2D eigenvalue weighted by Gasteiger charge is -2.16. The second-order valence-corrected chi connectivity index (χ2v) is 4.57. The van der Waals surface area contributed by atoms with Crippen LogP contribution < -0.4 is 5.73 Å². The summed E-state index contributed by atoms with van der Waals surface area (Å²) in [6, 6.07) is 1.20. The minimum absolute atomic E-state index is 0.121. The number of hydrogen-bond acceptors (Lipinski definition) is 3. The molecule has 5 heteroatoms. The van der Waals surface area contributed by atoms with Crippen molar-refractivity contribution in [1.82, 2.24) is 0 Å². The minimum atomic E-state index is -0.952. The van der Waals surface area contributed by atoms with Crippen molar-refractivity contribution in [1.29, 1.82) is 0 Å². The van der Waals surface area contributed by atoms with Gasteiger partial charge in [-0.1, -0.05) is 6.07 Å². The van der Waals surface area contributed by atoms with Gasteiger partial charge in [-0.2, -0.15) is 0 Å². The topological polar surface area (TPSA) is 83.6 Å². The molecule has 16 heavy (non-hydrogen) atoms. The number of aliphatic carboxylic acids is 1. The van der Waals surface area contributed by atoms with E-state index in [9.17, 15) is 9.90 Å². The fourth-order valence-electron chi connectivity index (χ4n) is 1.58. The number of nitrogens with two attached hydrogens (primary N) is 1. The lowest BCUT2D eigenvalue weighted by Crippen LogP contribution is -2.16. The summed E-state index contributed by atoms with van der Waals surface area (Å²) < 4.78 is 0.622. The molecule has 1 atom stereocenters. The Bertz CT molecular complexity index is 432. The van der Waals surface area contributed by atoms with Crippen molar-refractivity contribution in [2.75, 3.05) is 0 Å². The highest BCUT2D eigenvalue weighted by Gasteiger charge is 2.17. The van der Waals surface area contributed by atoms with E-state index in [1.165, 1.54) is 0 Å². The van der Waals surface area contributed by atoms with Gasteiger partial charge in [0.25, 0.3) is 0 Å². The molecule has 0 spiro atoms. The summed E-state index contributed by atoms with van der Waals surface area (Å²) in [7, 11) is 0. The van der Waals surface area contributed by atoms with Gasteiger partial charge < -0.3 is 15.9 Å². The summed E-state index contributed by atoms with van der Waals surface area (Å²) in [5.74, 6) is -0.831. The number of hydrogen-bond donors (Lipinski definition) is 3. The van der Waals surface area contributed by atoms with Crippen LogP contribution in [0.3, 0.4) is 0 Å². The van der Waals surface area contributed by atoms with Gasteiger partial charge in [0, 0.05) is 6.04 Å². The molecule has 0 aromatic heterocycles. The highest BCUT2D eigenvalue weighted by atomic mass is 79.9. The van der Waals surface area contributed by atoms with Crippen molar-refractivity contribution in [2.24, 2.45) is 5.73 Å². The maximum atomic E-state index is 10.6. The van der Waals surface area contributed by atoms with Crippen molar-refractivity contribution in [3.05, 3.63) is 27.2 Å². The molecule has 0 aliphatic rings. The molecule has 1 unspecified atom stereocenters. The highest BCUT2D eigenvalue weighted by molar-refractivity contribution is 9.10. The maximum Gasteiger partial charge on any atom is 0.305 e. The van der Waals surface area contributed by atoms with Crippen LogP contribution in [0.25, 0.3) is 0 Å². The van der Waals surface area contributed by atoms with E-state index in [0.717, 1.165) is 5.56 Å². The van der Waals surface area contributed by atoms with Crippen LogP contribution in [-0.2, 0) is 4.79 Å². The molecule has 0 aliphatic heterocycles. The molecule has 0 aliphatic carbocycles. The summed E-state index contributed by atoms with van der Waals surface area (Å²) >= 11 is 3.26. The number of phenols is 1. The third-order valence-corrected chi connectivity index (χ3v) is 3.51. The molecule has 4 N–H and O–H groups in total. The van der Waals surface area contributed by atoms with E-state index in [2.05, 4.69) is 15.9 Å². The van der Waals surface area contributed by atoms with E-state index in [0.29, 0.717) is 15.6 Å². The number of rotatable bonds is 3. The van der Waals surface area contributed by atoms with E-state index in [1.807, 2.05) is 6.92 Å². The van der Waals surface area contributed by atoms with Crippen LogP contribution in [0.2, 0.25) is 0 Å². The minimum Gasteiger partial charge on any atom is -0.506 e. The average Bonchev–Trinajstić information content (AvgIpc) is 2.19. The fourth-order valence-corrected chi connectivity index (χ4v) is 1.99. The number of carboxylic acids is 1. The summed E-state index contributed by atoms with van der Waals surface area (Å²) in [4.78, 5) is 10.6. The lowest BCUT2D eigenvalue weighted by molar-refractivity contribution is -0.137. The van der Waals surface area contributed by atoms with Crippen LogP contribution in [0.5, 0.6) is 5.75 Å². The smallest absolute Gasteiger partial charge is 0.305 e. The molecule has 0 amide bonds. The summed E-state index contributed by atoms with van der Waals surface area (Å²) in [5.41, 5.74) is 7.89. The number of halogens is 1. The van der Waals surface area contributed by atoms with Gasteiger partial charge in [0.1, 0.15) is 5.75 Å². The largest absolute Gasteiger partial charge is 0.506 e. The van der Waals surface area contributed by atoms with Crippen molar-refractivity contribution in [2.45, 2.75) is 26.3 Å². The standard InChI is InChI=1S/C11H14BrNO3/c1-5-3-7(8(13)4-9(14)15)6(2)11(16)10(5)12/h3,8,16H,4,13H2,1-2H3,(H,14,15). The molecule has 88 valence electrons. The molecular weight excluding hydrogens is 274 g/mol. The zero-order chi connectivity index (χ0) is 12.5. The van der Waals surface area contributed by atoms with Crippen LogP contribution in [0, 0.1) is 13.8 Å². The van der Waals surface area contributed by atoms with Crippen molar-refractivity contribution in [3.8, 4) is 5.75 Å². The third kappa shape index (κ3) is 2.54. The van der Waals surface area contributed by atoms with E-state index in [1.54, 1.807) is 13.0 Å². The molecule has 0 saturated carbocycles. The van der Waals surface area contributed by atoms with Gasteiger partial charge in [0.2, 0.25) is 0 Å². The lowest BCUT2D eigenvalue weighted by atomic mass is 9.96. The molecule has 0 saturated heterocycles. The third-order valence-electron chi connectivity index (χ3n) is 2.51. The van der Waals surface area contributed by atoms with Gasteiger partial charge in [-0.15, -0.1) is 0 Å². The Morgan fingerprint density at radius 2 is 2.12 bits per heavy atom. The van der Waals surface area contributed by atoms with Gasteiger partial charge in [-0.25, -0.2) is 0 Å². The van der Waals surface area contributed by atoms with Crippen LogP contribution >= 0.6 is 15.9 Å². The second-order valence-electron chi connectivity index (χ2n) is 3.77. The Morgan fingerprint density at radius 1 is 1.56 bits per heavy atom. The van der Waals surface area contributed by atoms with E-state index < -0.39 is 12.0 Å². The SMILES string of the molecule is Cc1cc(C(N)CC(=O)O)c(C)c(O)c1Br. The number of aryl methyl sites for hydroxylation is 1. The van der Waals surface area contributed by atoms with Crippen LogP contribution in [0.15, 0.2) is 10.5 Å². The van der Waals surface area contributed by atoms with E-state index in [-0.39, 0.29) is 12.2 Å². The van der Waals surface area contributed by atoms with E-state index in [4.69, 9.17) is 10.8 Å². The van der Waals surface area contributed by atoms with Crippen LogP contribution in [0.1, 0.15) is 29.2 Å². The van der Waals surface area contributed by atoms with Crippen molar-refractivity contribution < 1.29 is 15.0 Å². The first kappa shape index (κ1) is 13.0. The molecule has 0 radical (unpaired) electrons. The monoisotopic (exact) mass is 287 g/mol. The first-order valence-corrected chi connectivity index (χ1v) is 5.59. The fraction of sp³-hybridized carbons (Fsp3) is 0.364. The number of carboxylic acid groups (broad SMARTS) is 1. The first-order valence-electron chi connectivity index (χ1n) is 4.80. The number of phenolic OH excluding ortho intramolecular Hbond substituents is 1. The Labute approximate surface area is 102 Å². The van der Waals surface area contributed by atoms with Gasteiger partial charge in [0.05, 0.1) is 10.9 Å². The molecule has 1 rings (SSSR count). The molecule has 1 aromatic carbocycles. The average molecular weight is 288 g/mol. The van der Waals surface area contributed by atoms with E-state index >= 15 is 0 Å². The predicted molar refractivity (Wildman–Crippen MR) is 64.5 cm³/mol. The zero-order valence-electron chi connectivity index (χ0n) is 9.12. The summed E-state index contributed by atoms with van der Waals surface area (Å²) in [6.07, 6.45) is -0.151. The predicted octanol–water partition coefficient (Wildman–Crippen LogP) is 2.25. The Balaban J connectivity index is 3.19. The van der Waals surface area contributed by atoms with Gasteiger partial charge in [-0.05, 0) is 46.5 Å². The normalized spacial score (nSPS) is 12.5. The number of aromatic hydroxyl groups is 1. The number of carbonyl (C=O) groups is 1. The maximum absolute atomic E-state index is 10.6. The first-order chi connectivity index (χ1) is 7.34. The molecule has 0 fully saturated rings. The molecule has 0 bridgehead atoms. The van der Waals surface area contributed by atoms with Gasteiger partial charge >= 0.3 is 5.97 Å². The Kier molecular flexibility index (Phi) is 3.93. The molecule has 0 heterocycles. The zero-order valence-corrected chi connectivity index (χ0v) is 10.7. The highest BCUT2D eigenvalue weighted by Crippen LogP contribution is 2.35. The molecule has 1 aromatic rings.